The lowest BCUT2D eigenvalue weighted by atomic mass is 10.1. The Balaban J connectivity index is 2.64. The Morgan fingerprint density at radius 2 is 1.85 bits per heavy atom. The maximum Gasteiger partial charge on any atom is 0.307 e. The summed E-state index contributed by atoms with van der Waals surface area (Å²) in [4.78, 5) is 10.4. The van der Waals surface area contributed by atoms with E-state index in [4.69, 9.17) is 5.11 Å². The quantitative estimate of drug-likeness (QED) is 0.749. The largest absolute Gasteiger partial charge is 0.481 e. The first-order chi connectivity index (χ1) is 6.22. The smallest absolute Gasteiger partial charge is 0.307 e. The molecule has 0 aliphatic heterocycles. The third kappa shape index (κ3) is 3.25. The first-order valence-electron chi connectivity index (χ1n) is 4.07. The lowest BCUT2D eigenvalue weighted by Crippen LogP contribution is -2.01. The fraction of sp³-hybridized carbons (Fsp3) is 0.300. The van der Waals surface area contributed by atoms with Crippen molar-refractivity contribution in [2.24, 2.45) is 0 Å². The van der Waals surface area contributed by atoms with E-state index >= 15 is 0 Å². The third-order valence-corrected chi connectivity index (χ3v) is 1.72. The molecule has 3 heteroatoms. The molecule has 0 amide bonds. The number of nitrogens with zero attached hydrogens (tertiary/aromatic N) is 1. The molecule has 0 atom stereocenters. The van der Waals surface area contributed by atoms with Crippen molar-refractivity contribution >= 4 is 5.97 Å². The molecule has 3 nitrogen and oxygen atoms in total. The van der Waals surface area contributed by atoms with Gasteiger partial charge in [-0.2, -0.15) is 0 Å². The van der Waals surface area contributed by atoms with Crippen LogP contribution in [0.2, 0.25) is 0 Å². The molecule has 0 fully saturated rings. The molecular formula is C10H12NO2. The molecule has 0 saturated heterocycles. The van der Waals surface area contributed by atoms with Gasteiger partial charge in [-0.05, 0) is 11.1 Å². The Labute approximate surface area is 77.4 Å². The van der Waals surface area contributed by atoms with Gasteiger partial charge in [-0.25, -0.2) is 5.32 Å². The molecule has 1 rings (SSSR count). The van der Waals surface area contributed by atoms with Crippen molar-refractivity contribution in [1.29, 1.82) is 0 Å². The average Bonchev–Trinajstić information content (AvgIpc) is 2.08. The van der Waals surface area contributed by atoms with Crippen molar-refractivity contribution in [3.63, 3.8) is 0 Å². The van der Waals surface area contributed by atoms with Gasteiger partial charge in [0.2, 0.25) is 0 Å². The van der Waals surface area contributed by atoms with Crippen LogP contribution in [0.15, 0.2) is 24.3 Å². The van der Waals surface area contributed by atoms with E-state index in [1.807, 2.05) is 24.3 Å². The monoisotopic (exact) mass is 178 g/mol. The first kappa shape index (κ1) is 9.74. The summed E-state index contributed by atoms with van der Waals surface area (Å²) < 4.78 is 0. The van der Waals surface area contributed by atoms with Crippen molar-refractivity contribution in [2.45, 2.75) is 13.0 Å². The van der Waals surface area contributed by atoms with Crippen LogP contribution in [-0.2, 0) is 17.8 Å². The number of carbonyl (C=O) groups is 1. The van der Waals surface area contributed by atoms with Crippen molar-refractivity contribution in [3.8, 4) is 0 Å². The van der Waals surface area contributed by atoms with E-state index in [1.165, 1.54) is 0 Å². The summed E-state index contributed by atoms with van der Waals surface area (Å²) in [5.74, 6) is -0.798. The van der Waals surface area contributed by atoms with Crippen LogP contribution in [0.3, 0.4) is 0 Å². The number of hydrogen-bond donors (Lipinski definition) is 1. The van der Waals surface area contributed by atoms with E-state index in [-0.39, 0.29) is 6.42 Å². The van der Waals surface area contributed by atoms with Crippen LogP contribution < -0.4 is 5.32 Å². The highest BCUT2D eigenvalue weighted by Gasteiger charge is 1.99. The molecule has 0 spiro atoms. The van der Waals surface area contributed by atoms with Gasteiger partial charge in [-0.15, -0.1) is 0 Å². The Morgan fingerprint density at radius 3 is 2.31 bits per heavy atom. The average molecular weight is 178 g/mol. The second kappa shape index (κ2) is 4.62. The second-order valence-corrected chi connectivity index (χ2v) is 2.86. The summed E-state index contributed by atoms with van der Waals surface area (Å²) in [5.41, 5.74) is 1.93. The van der Waals surface area contributed by atoms with Crippen LogP contribution >= 0.6 is 0 Å². The van der Waals surface area contributed by atoms with Crippen LogP contribution in [0.4, 0.5) is 0 Å². The zero-order chi connectivity index (χ0) is 9.68. The van der Waals surface area contributed by atoms with Crippen LogP contribution in [0.25, 0.3) is 0 Å². The molecule has 69 valence electrons. The SMILES string of the molecule is C[N]Cc1ccc(CC(=O)O)cc1. The fourth-order valence-electron chi connectivity index (χ4n) is 1.12. The Morgan fingerprint density at radius 1 is 1.31 bits per heavy atom. The maximum absolute atomic E-state index is 10.4. The summed E-state index contributed by atoms with van der Waals surface area (Å²) >= 11 is 0. The van der Waals surface area contributed by atoms with Crippen LogP contribution in [0, 0.1) is 0 Å². The van der Waals surface area contributed by atoms with Gasteiger partial charge >= 0.3 is 5.97 Å². The van der Waals surface area contributed by atoms with Crippen molar-refractivity contribution in [3.05, 3.63) is 35.4 Å². The van der Waals surface area contributed by atoms with Crippen LogP contribution in [0.5, 0.6) is 0 Å². The zero-order valence-corrected chi connectivity index (χ0v) is 7.53. The molecule has 0 saturated carbocycles. The normalized spacial score (nSPS) is 9.92. The third-order valence-electron chi connectivity index (χ3n) is 1.72. The van der Waals surface area contributed by atoms with Crippen molar-refractivity contribution in [2.75, 3.05) is 7.05 Å². The summed E-state index contributed by atoms with van der Waals surface area (Å²) in [6.45, 7) is 0.688. The number of carboxylic acids is 1. The molecule has 1 N–H and O–H groups in total. The molecular weight excluding hydrogens is 166 g/mol. The van der Waals surface area contributed by atoms with Gasteiger partial charge < -0.3 is 5.11 Å². The molecule has 1 radical (unpaired) electrons. The van der Waals surface area contributed by atoms with E-state index in [0.717, 1.165) is 11.1 Å². The predicted octanol–water partition coefficient (Wildman–Crippen LogP) is 1.05. The van der Waals surface area contributed by atoms with Crippen molar-refractivity contribution < 1.29 is 9.90 Å². The van der Waals surface area contributed by atoms with E-state index in [0.29, 0.717) is 6.54 Å². The number of benzene rings is 1. The highest BCUT2D eigenvalue weighted by molar-refractivity contribution is 5.70. The van der Waals surface area contributed by atoms with Gasteiger partial charge in [0.15, 0.2) is 0 Å². The van der Waals surface area contributed by atoms with Crippen LogP contribution in [0.1, 0.15) is 11.1 Å². The van der Waals surface area contributed by atoms with E-state index in [9.17, 15) is 4.79 Å². The summed E-state index contributed by atoms with van der Waals surface area (Å²) in [6.07, 6.45) is 0.0869. The first-order valence-corrected chi connectivity index (χ1v) is 4.07. The number of hydrogen-bond acceptors (Lipinski definition) is 1. The molecule has 0 heterocycles. The Kier molecular flexibility index (Phi) is 3.46. The lowest BCUT2D eigenvalue weighted by Gasteiger charge is -2.00. The predicted molar refractivity (Wildman–Crippen MR) is 49.5 cm³/mol. The maximum atomic E-state index is 10.4. The second-order valence-electron chi connectivity index (χ2n) is 2.86. The summed E-state index contributed by atoms with van der Waals surface area (Å²) in [6, 6.07) is 7.47. The van der Waals surface area contributed by atoms with Gasteiger partial charge in [0.25, 0.3) is 0 Å². The fourth-order valence-corrected chi connectivity index (χ4v) is 1.12. The van der Waals surface area contributed by atoms with E-state index in [2.05, 4.69) is 5.32 Å². The van der Waals surface area contributed by atoms with Crippen LogP contribution in [-0.4, -0.2) is 18.1 Å². The summed E-state index contributed by atoms with van der Waals surface area (Å²) in [7, 11) is 1.76. The molecule has 0 aromatic heterocycles. The lowest BCUT2D eigenvalue weighted by molar-refractivity contribution is -0.136. The van der Waals surface area contributed by atoms with Gasteiger partial charge in [-0.1, -0.05) is 24.3 Å². The number of rotatable bonds is 4. The number of aliphatic carboxylic acids is 1. The molecule has 1 aromatic rings. The Hall–Kier alpha value is -1.35. The van der Waals surface area contributed by atoms with Crippen molar-refractivity contribution in [1.82, 2.24) is 5.32 Å². The molecule has 0 aliphatic carbocycles. The molecule has 0 unspecified atom stereocenters. The molecule has 0 aliphatic rings. The molecule has 13 heavy (non-hydrogen) atoms. The summed E-state index contributed by atoms with van der Waals surface area (Å²) in [5, 5.41) is 12.5. The van der Waals surface area contributed by atoms with E-state index < -0.39 is 5.97 Å². The Bertz CT molecular complexity index is 279. The highest BCUT2D eigenvalue weighted by Crippen LogP contribution is 2.05. The molecule has 0 bridgehead atoms. The molecule has 1 aromatic carbocycles. The van der Waals surface area contributed by atoms with Gasteiger partial charge in [0, 0.05) is 13.6 Å². The standard InChI is InChI=1S/C10H12NO2/c1-11-7-9-4-2-8(3-5-9)6-10(12)13/h2-5H,6-7H2,1H3,(H,12,13). The topological polar surface area (TPSA) is 51.4 Å². The van der Waals surface area contributed by atoms with E-state index in [1.54, 1.807) is 7.05 Å². The minimum atomic E-state index is -0.798. The number of carboxylic acid groups (broad SMARTS) is 1. The van der Waals surface area contributed by atoms with Gasteiger partial charge in [0.1, 0.15) is 0 Å². The highest BCUT2D eigenvalue weighted by atomic mass is 16.4. The minimum absolute atomic E-state index is 0.0869. The van der Waals surface area contributed by atoms with Gasteiger partial charge in [-0.3, -0.25) is 4.79 Å². The van der Waals surface area contributed by atoms with Gasteiger partial charge in [0.05, 0.1) is 6.42 Å². The zero-order valence-electron chi connectivity index (χ0n) is 7.53. The minimum Gasteiger partial charge on any atom is -0.481 e.